The molecule has 1 heterocycles. The van der Waals surface area contributed by atoms with Crippen LogP contribution in [0.3, 0.4) is 0 Å². The zero-order valence-electron chi connectivity index (χ0n) is 7.87. The number of fused-ring (bicyclic) bond motifs is 1. The Bertz CT molecular complexity index is 407. The second-order valence-electron chi connectivity index (χ2n) is 2.99. The summed E-state index contributed by atoms with van der Waals surface area (Å²) in [6.07, 6.45) is 1.70. The average Bonchev–Trinajstić information content (AvgIpc) is 2.59. The van der Waals surface area contributed by atoms with Gasteiger partial charge in [0.1, 0.15) is 12.4 Å². The standard InChI is InChI=1S/C11H10O3/c1-3-7-4-5-8-9(10(7)13-2)6-14-11(8)12/h3-5H,1,6H2,2H3. The second kappa shape index (κ2) is 3.18. The van der Waals surface area contributed by atoms with E-state index in [1.807, 2.05) is 0 Å². The predicted octanol–water partition coefficient (Wildman–Crippen LogP) is 2.01. The summed E-state index contributed by atoms with van der Waals surface area (Å²) in [7, 11) is 1.57. The van der Waals surface area contributed by atoms with Gasteiger partial charge in [-0.15, -0.1) is 0 Å². The Balaban J connectivity index is 2.65. The monoisotopic (exact) mass is 190 g/mol. The molecule has 0 aliphatic carbocycles. The van der Waals surface area contributed by atoms with Crippen molar-refractivity contribution in [3.05, 3.63) is 35.4 Å². The zero-order chi connectivity index (χ0) is 10.1. The Morgan fingerprint density at radius 2 is 2.36 bits per heavy atom. The number of ether oxygens (including phenoxy) is 2. The molecule has 0 spiro atoms. The van der Waals surface area contributed by atoms with Crippen molar-refractivity contribution < 1.29 is 14.3 Å². The first-order valence-electron chi connectivity index (χ1n) is 4.27. The normalized spacial score (nSPS) is 13.4. The van der Waals surface area contributed by atoms with Gasteiger partial charge in [-0.2, -0.15) is 0 Å². The van der Waals surface area contributed by atoms with Gasteiger partial charge in [-0.3, -0.25) is 0 Å². The van der Waals surface area contributed by atoms with E-state index in [4.69, 9.17) is 9.47 Å². The van der Waals surface area contributed by atoms with Crippen LogP contribution in [0.15, 0.2) is 18.7 Å². The molecule has 1 aliphatic rings. The lowest BCUT2D eigenvalue weighted by Gasteiger charge is -2.07. The van der Waals surface area contributed by atoms with Gasteiger partial charge < -0.3 is 9.47 Å². The minimum atomic E-state index is -0.283. The molecule has 3 nitrogen and oxygen atoms in total. The molecular formula is C11H10O3. The van der Waals surface area contributed by atoms with E-state index < -0.39 is 0 Å². The lowest BCUT2D eigenvalue weighted by molar-refractivity contribution is 0.0534. The summed E-state index contributed by atoms with van der Waals surface area (Å²) < 4.78 is 10.1. The highest BCUT2D eigenvalue weighted by Crippen LogP contribution is 2.32. The fourth-order valence-electron chi connectivity index (χ4n) is 1.60. The first kappa shape index (κ1) is 8.81. The van der Waals surface area contributed by atoms with E-state index in [2.05, 4.69) is 6.58 Å². The van der Waals surface area contributed by atoms with Crippen molar-refractivity contribution in [3.63, 3.8) is 0 Å². The summed E-state index contributed by atoms with van der Waals surface area (Å²) in [4.78, 5) is 11.2. The summed E-state index contributed by atoms with van der Waals surface area (Å²) in [5.41, 5.74) is 2.28. The number of esters is 1. The summed E-state index contributed by atoms with van der Waals surface area (Å²) in [5.74, 6) is 0.400. The average molecular weight is 190 g/mol. The second-order valence-corrected chi connectivity index (χ2v) is 2.99. The third-order valence-electron chi connectivity index (χ3n) is 2.28. The molecule has 1 aliphatic heterocycles. The number of methoxy groups -OCH3 is 1. The van der Waals surface area contributed by atoms with Gasteiger partial charge >= 0.3 is 5.97 Å². The van der Waals surface area contributed by atoms with Crippen LogP contribution in [0.5, 0.6) is 5.75 Å². The van der Waals surface area contributed by atoms with Crippen molar-refractivity contribution in [2.24, 2.45) is 0 Å². The lowest BCUT2D eigenvalue weighted by Crippen LogP contribution is -1.96. The first-order valence-corrected chi connectivity index (χ1v) is 4.27. The Morgan fingerprint density at radius 3 is 3.00 bits per heavy atom. The van der Waals surface area contributed by atoms with Crippen LogP contribution in [0.4, 0.5) is 0 Å². The molecule has 0 fully saturated rings. The zero-order valence-corrected chi connectivity index (χ0v) is 7.87. The van der Waals surface area contributed by atoms with Crippen molar-refractivity contribution in [2.45, 2.75) is 6.61 Å². The maximum Gasteiger partial charge on any atom is 0.339 e. The van der Waals surface area contributed by atoms with Crippen LogP contribution in [0.2, 0.25) is 0 Å². The Hall–Kier alpha value is -1.77. The molecule has 72 valence electrons. The minimum absolute atomic E-state index is 0.283. The number of hydrogen-bond acceptors (Lipinski definition) is 3. The third kappa shape index (κ3) is 1.09. The van der Waals surface area contributed by atoms with E-state index in [0.717, 1.165) is 11.1 Å². The Labute approximate surface area is 81.9 Å². The van der Waals surface area contributed by atoms with E-state index in [1.165, 1.54) is 0 Å². The quantitative estimate of drug-likeness (QED) is 0.669. The van der Waals surface area contributed by atoms with Crippen LogP contribution in [0, 0.1) is 0 Å². The van der Waals surface area contributed by atoms with Gasteiger partial charge in [0, 0.05) is 11.1 Å². The molecule has 1 aromatic carbocycles. The SMILES string of the molecule is C=Cc1ccc2c(c1OC)COC2=O. The van der Waals surface area contributed by atoms with Crippen molar-refractivity contribution in [1.29, 1.82) is 0 Å². The largest absolute Gasteiger partial charge is 0.496 e. The lowest BCUT2D eigenvalue weighted by atomic mass is 10.0. The van der Waals surface area contributed by atoms with E-state index in [1.54, 1.807) is 25.3 Å². The number of benzene rings is 1. The highest BCUT2D eigenvalue weighted by Gasteiger charge is 2.25. The van der Waals surface area contributed by atoms with Crippen molar-refractivity contribution in [1.82, 2.24) is 0 Å². The van der Waals surface area contributed by atoms with Gasteiger partial charge in [0.2, 0.25) is 0 Å². The van der Waals surface area contributed by atoms with Crippen LogP contribution < -0.4 is 4.74 Å². The van der Waals surface area contributed by atoms with E-state index in [0.29, 0.717) is 17.9 Å². The van der Waals surface area contributed by atoms with Crippen molar-refractivity contribution in [3.8, 4) is 5.75 Å². The minimum Gasteiger partial charge on any atom is -0.496 e. The van der Waals surface area contributed by atoms with E-state index in [9.17, 15) is 4.79 Å². The van der Waals surface area contributed by atoms with E-state index in [-0.39, 0.29) is 5.97 Å². The highest BCUT2D eigenvalue weighted by atomic mass is 16.5. The molecule has 0 radical (unpaired) electrons. The number of cyclic esters (lactones) is 1. The van der Waals surface area contributed by atoms with Crippen LogP contribution in [0.25, 0.3) is 6.08 Å². The van der Waals surface area contributed by atoms with Crippen LogP contribution >= 0.6 is 0 Å². The molecular weight excluding hydrogens is 180 g/mol. The molecule has 1 aromatic rings. The van der Waals surface area contributed by atoms with Gasteiger partial charge in [-0.05, 0) is 6.07 Å². The Morgan fingerprint density at radius 1 is 1.57 bits per heavy atom. The van der Waals surface area contributed by atoms with Crippen LogP contribution in [-0.2, 0) is 11.3 Å². The molecule has 0 unspecified atom stereocenters. The maximum absolute atomic E-state index is 11.2. The molecule has 14 heavy (non-hydrogen) atoms. The molecule has 0 saturated carbocycles. The van der Waals surface area contributed by atoms with Crippen molar-refractivity contribution in [2.75, 3.05) is 7.11 Å². The molecule has 3 heteroatoms. The fraction of sp³-hybridized carbons (Fsp3) is 0.182. The maximum atomic E-state index is 11.2. The van der Waals surface area contributed by atoms with Gasteiger partial charge in [0.25, 0.3) is 0 Å². The molecule has 0 aromatic heterocycles. The number of hydrogen-bond donors (Lipinski definition) is 0. The van der Waals surface area contributed by atoms with Gasteiger partial charge in [-0.1, -0.05) is 18.7 Å². The molecule has 0 N–H and O–H groups in total. The Kier molecular flexibility index (Phi) is 2.00. The fourth-order valence-corrected chi connectivity index (χ4v) is 1.60. The molecule has 0 bridgehead atoms. The highest BCUT2D eigenvalue weighted by molar-refractivity contribution is 5.95. The van der Waals surface area contributed by atoms with Gasteiger partial charge in [0.05, 0.1) is 12.7 Å². The van der Waals surface area contributed by atoms with Crippen LogP contribution in [-0.4, -0.2) is 13.1 Å². The number of carbonyl (C=O) groups is 1. The van der Waals surface area contributed by atoms with Crippen molar-refractivity contribution >= 4 is 12.0 Å². The number of carbonyl (C=O) groups excluding carboxylic acids is 1. The smallest absolute Gasteiger partial charge is 0.339 e. The molecule has 0 atom stereocenters. The van der Waals surface area contributed by atoms with Gasteiger partial charge in [0.15, 0.2) is 0 Å². The summed E-state index contributed by atoms with van der Waals surface area (Å²) in [6, 6.07) is 3.54. The summed E-state index contributed by atoms with van der Waals surface area (Å²) in [6.45, 7) is 3.97. The number of rotatable bonds is 2. The molecule has 0 saturated heterocycles. The van der Waals surface area contributed by atoms with E-state index >= 15 is 0 Å². The third-order valence-corrected chi connectivity index (χ3v) is 2.28. The summed E-state index contributed by atoms with van der Waals surface area (Å²) in [5, 5.41) is 0. The molecule has 0 amide bonds. The van der Waals surface area contributed by atoms with Gasteiger partial charge in [-0.25, -0.2) is 4.79 Å². The van der Waals surface area contributed by atoms with Crippen LogP contribution in [0.1, 0.15) is 21.5 Å². The summed E-state index contributed by atoms with van der Waals surface area (Å²) >= 11 is 0. The first-order chi connectivity index (χ1) is 6.77. The topological polar surface area (TPSA) is 35.5 Å². The predicted molar refractivity (Wildman–Crippen MR) is 52.2 cm³/mol. The molecule has 2 rings (SSSR count).